The van der Waals surface area contributed by atoms with Crippen LogP contribution in [0.3, 0.4) is 0 Å². The molecule has 0 saturated heterocycles. The van der Waals surface area contributed by atoms with Crippen molar-refractivity contribution in [3.63, 3.8) is 0 Å². The van der Waals surface area contributed by atoms with Crippen molar-refractivity contribution < 1.29 is 9.66 Å². The van der Waals surface area contributed by atoms with Crippen LogP contribution in [0.4, 0.5) is 5.69 Å². The smallest absolute Gasteiger partial charge is 0.269 e. The highest BCUT2D eigenvalue weighted by molar-refractivity contribution is 5.77. The minimum Gasteiger partial charge on any atom is -0.457 e. The summed E-state index contributed by atoms with van der Waals surface area (Å²) in [6, 6.07) is 10.2. The van der Waals surface area contributed by atoms with Crippen molar-refractivity contribution in [2.45, 2.75) is 20.4 Å². The molecule has 3 aromatic rings. The molecular weight excluding hydrogens is 282 g/mol. The quantitative estimate of drug-likeness (QED) is 0.537. The Morgan fingerprint density at radius 2 is 2.09 bits per heavy atom. The average molecular weight is 297 g/mol. The van der Waals surface area contributed by atoms with Crippen LogP contribution in [0.1, 0.15) is 12.5 Å². The molecule has 0 radical (unpaired) electrons. The molecule has 1 heterocycles. The summed E-state index contributed by atoms with van der Waals surface area (Å²) in [7, 11) is 0. The normalized spacial score (nSPS) is 10.8. The third-order valence-corrected chi connectivity index (χ3v) is 3.53. The highest BCUT2D eigenvalue weighted by Crippen LogP contribution is 2.29. The Hall–Kier alpha value is -2.89. The number of imidazole rings is 1. The van der Waals surface area contributed by atoms with Gasteiger partial charge in [-0.3, -0.25) is 10.1 Å². The lowest BCUT2D eigenvalue weighted by Crippen LogP contribution is -1.92. The molecule has 0 fully saturated rings. The van der Waals surface area contributed by atoms with Crippen molar-refractivity contribution in [1.82, 2.24) is 9.55 Å². The van der Waals surface area contributed by atoms with E-state index in [2.05, 4.69) is 16.5 Å². The maximum Gasteiger partial charge on any atom is 0.269 e. The summed E-state index contributed by atoms with van der Waals surface area (Å²) in [5.41, 5.74) is 2.68. The first-order chi connectivity index (χ1) is 10.6. The Kier molecular flexibility index (Phi) is 3.50. The second kappa shape index (κ2) is 5.48. The van der Waals surface area contributed by atoms with Crippen molar-refractivity contribution >= 4 is 16.7 Å². The molecule has 3 rings (SSSR count). The summed E-state index contributed by atoms with van der Waals surface area (Å²) in [5, 5.41) is 10.8. The number of ether oxygens (including phenoxy) is 1. The topological polar surface area (TPSA) is 70.2 Å². The van der Waals surface area contributed by atoms with Crippen LogP contribution in [0.25, 0.3) is 11.0 Å². The fraction of sp³-hybridized carbons (Fsp3) is 0.188. The van der Waals surface area contributed by atoms with Crippen molar-refractivity contribution in [3.8, 4) is 11.5 Å². The monoisotopic (exact) mass is 297 g/mol. The molecule has 0 aliphatic heterocycles. The van der Waals surface area contributed by atoms with Crippen LogP contribution in [0.2, 0.25) is 0 Å². The zero-order valence-electron chi connectivity index (χ0n) is 12.3. The summed E-state index contributed by atoms with van der Waals surface area (Å²) in [6.45, 7) is 4.70. The van der Waals surface area contributed by atoms with Crippen molar-refractivity contribution in [2.75, 3.05) is 0 Å². The van der Waals surface area contributed by atoms with E-state index in [1.54, 1.807) is 19.3 Å². The SMILES string of the molecule is CCn1cnc2cc(Oc3ccc([N+](=O)[O-])cc3C)ccc21. The van der Waals surface area contributed by atoms with Gasteiger partial charge in [0.15, 0.2) is 0 Å². The highest BCUT2D eigenvalue weighted by Gasteiger charge is 2.10. The van der Waals surface area contributed by atoms with Gasteiger partial charge in [0.1, 0.15) is 11.5 Å². The van der Waals surface area contributed by atoms with Crippen molar-refractivity contribution in [3.05, 3.63) is 58.4 Å². The van der Waals surface area contributed by atoms with E-state index in [0.717, 1.165) is 17.6 Å². The summed E-state index contributed by atoms with van der Waals surface area (Å²) in [4.78, 5) is 14.7. The van der Waals surface area contributed by atoms with E-state index in [1.807, 2.05) is 18.2 Å². The Balaban J connectivity index is 1.91. The molecule has 6 nitrogen and oxygen atoms in total. The molecular formula is C16H15N3O3. The maximum atomic E-state index is 10.8. The van der Waals surface area contributed by atoms with Gasteiger partial charge in [-0.05, 0) is 37.6 Å². The number of nitro groups is 1. The molecule has 1 aromatic heterocycles. The third kappa shape index (κ3) is 2.50. The molecule has 0 spiro atoms. The Morgan fingerprint density at radius 1 is 1.27 bits per heavy atom. The number of nitro benzene ring substituents is 1. The fourth-order valence-corrected chi connectivity index (χ4v) is 2.35. The number of aromatic nitrogens is 2. The Labute approximate surface area is 127 Å². The molecule has 0 amide bonds. The number of non-ortho nitro benzene ring substituents is 1. The van der Waals surface area contributed by atoms with Crippen LogP contribution in [0, 0.1) is 17.0 Å². The van der Waals surface area contributed by atoms with E-state index < -0.39 is 4.92 Å². The van der Waals surface area contributed by atoms with Crippen molar-refractivity contribution in [1.29, 1.82) is 0 Å². The molecule has 0 N–H and O–H groups in total. The molecule has 112 valence electrons. The Morgan fingerprint density at radius 3 is 2.77 bits per heavy atom. The van der Waals surface area contributed by atoms with Crippen LogP contribution in [0.15, 0.2) is 42.7 Å². The summed E-state index contributed by atoms with van der Waals surface area (Å²) < 4.78 is 7.87. The molecule has 0 aliphatic carbocycles. The first-order valence-electron chi connectivity index (χ1n) is 6.96. The average Bonchev–Trinajstić information content (AvgIpc) is 2.91. The van der Waals surface area contributed by atoms with E-state index in [1.165, 1.54) is 12.1 Å². The van der Waals surface area contributed by atoms with Gasteiger partial charge in [0.2, 0.25) is 0 Å². The van der Waals surface area contributed by atoms with E-state index >= 15 is 0 Å². The van der Waals surface area contributed by atoms with Gasteiger partial charge in [0.25, 0.3) is 5.69 Å². The standard InChI is InChI=1S/C16H15N3O3/c1-3-18-10-17-14-9-13(5-6-15(14)18)22-16-7-4-12(19(20)21)8-11(16)2/h4-10H,3H2,1-2H3. The lowest BCUT2D eigenvalue weighted by atomic mass is 10.2. The first kappa shape index (κ1) is 14.1. The van der Waals surface area contributed by atoms with Gasteiger partial charge < -0.3 is 9.30 Å². The summed E-state index contributed by atoms with van der Waals surface area (Å²) in [6.07, 6.45) is 1.80. The van der Waals surface area contributed by atoms with Gasteiger partial charge in [0.05, 0.1) is 22.3 Å². The number of aryl methyl sites for hydroxylation is 2. The highest BCUT2D eigenvalue weighted by atomic mass is 16.6. The van der Waals surface area contributed by atoms with Crippen LogP contribution in [-0.2, 0) is 6.54 Å². The number of hydrogen-bond donors (Lipinski definition) is 0. The van der Waals surface area contributed by atoms with Crippen LogP contribution in [0.5, 0.6) is 11.5 Å². The lowest BCUT2D eigenvalue weighted by Gasteiger charge is -2.08. The number of fused-ring (bicyclic) bond motifs is 1. The van der Waals surface area contributed by atoms with Crippen LogP contribution < -0.4 is 4.74 Å². The number of nitrogens with zero attached hydrogens (tertiary/aromatic N) is 3. The molecule has 2 aromatic carbocycles. The second-order valence-corrected chi connectivity index (χ2v) is 4.99. The number of benzene rings is 2. The van der Waals surface area contributed by atoms with Gasteiger partial charge in [-0.25, -0.2) is 4.98 Å². The van der Waals surface area contributed by atoms with Gasteiger partial charge in [0, 0.05) is 24.7 Å². The summed E-state index contributed by atoms with van der Waals surface area (Å²) >= 11 is 0. The molecule has 0 aliphatic rings. The maximum absolute atomic E-state index is 10.8. The molecule has 0 unspecified atom stereocenters. The van der Waals surface area contributed by atoms with E-state index in [9.17, 15) is 10.1 Å². The predicted octanol–water partition coefficient (Wildman–Crippen LogP) is 4.07. The largest absolute Gasteiger partial charge is 0.457 e. The predicted molar refractivity (Wildman–Crippen MR) is 83.3 cm³/mol. The molecule has 0 bridgehead atoms. The Bertz CT molecular complexity index is 855. The van der Waals surface area contributed by atoms with Crippen LogP contribution in [-0.4, -0.2) is 14.5 Å². The van der Waals surface area contributed by atoms with Crippen LogP contribution >= 0.6 is 0 Å². The second-order valence-electron chi connectivity index (χ2n) is 4.99. The number of rotatable bonds is 4. The van der Waals surface area contributed by atoms with Gasteiger partial charge >= 0.3 is 0 Å². The minimum atomic E-state index is -0.416. The zero-order valence-corrected chi connectivity index (χ0v) is 12.3. The van der Waals surface area contributed by atoms with Gasteiger partial charge in [-0.1, -0.05) is 0 Å². The van der Waals surface area contributed by atoms with E-state index in [0.29, 0.717) is 17.1 Å². The molecule has 0 saturated carbocycles. The minimum absolute atomic E-state index is 0.0574. The summed E-state index contributed by atoms with van der Waals surface area (Å²) in [5.74, 6) is 1.26. The van der Waals surface area contributed by atoms with Crippen molar-refractivity contribution in [2.24, 2.45) is 0 Å². The van der Waals surface area contributed by atoms with Gasteiger partial charge in [-0.15, -0.1) is 0 Å². The molecule has 22 heavy (non-hydrogen) atoms. The third-order valence-electron chi connectivity index (χ3n) is 3.53. The number of hydrogen-bond acceptors (Lipinski definition) is 4. The first-order valence-corrected chi connectivity index (χ1v) is 6.96. The zero-order chi connectivity index (χ0) is 15.7. The lowest BCUT2D eigenvalue weighted by molar-refractivity contribution is -0.384. The van der Waals surface area contributed by atoms with Gasteiger partial charge in [-0.2, -0.15) is 0 Å². The fourth-order valence-electron chi connectivity index (χ4n) is 2.35. The molecule has 6 heteroatoms. The molecule has 0 atom stereocenters. The van der Waals surface area contributed by atoms with E-state index in [-0.39, 0.29) is 5.69 Å². The van der Waals surface area contributed by atoms with E-state index in [4.69, 9.17) is 4.74 Å².